The van der Waals surface area contributed by atoms with Crippen LogP contribution in [0.2, 0.25) is 0 Å². The summed E-state index contributed by atoms with van der Waals surface area (Å²) in [6, 6.07) is 21.0. The van der Waals surface area contributed by atoms with Crippen molar-refractivity contribution in [2.24, 2.45) is 4.99 Å². The van der Waals surface area contributed by atoms with E-state index in [0.717, 1.165) is 50.4 Å². The fourth-order valence-electron chi connectivity index (χ4n) is 4.05. The number of aromatic amines is 1. The first-order valence-corrected chi connectivity index (χ1v) is 10.2. The molecule has 0 radical (unpaired) electrons. The van der Waals surface area contributed by atoms with Crippen LogP contribution in [0.4, 0.5) is 0 Å². The van der Waals surface area contributed by atoms with E-state index in [1.807, 2.05) is 12.4 Å². The summed E-state index contributed by atoms with van der Waals surface area (Å²) >= 11 is 0. The molecule has 0 bridgehead atoms. The average molecular weight is 380 g/mol. The summed E-state index contributed by atoms with van der Waals surface area (Å²) < 4.78 is 0. The van der Waals surface area contributed by atoms with E-state index in [4.69, 9.17) is 4.99 Å². The molecule has 0 atom stereocenters. The molecule has 1 aromatic heterocycles. The molecule has 3 aromatic rings. The zero-order valence-corrected chi connectivity index (χ0v) is 16.4. The molecule has 0 unspecified atom stereocenters. The van der Waals surface area contributed by atoms with Crippen LogP contribution in [0.3, 0.4) is 0 Å². The highest BCUT2D eigenvalue weighted by molar-refractivity contribution is 5.81. The van der Waals surface area contributed by atoms with Crippen molar-refractivity contribution < 1.29 is 0 Å². The lowest BCUT2D eigenvalue weighted by molar-refractivity contribution is 0.300. The van der Waals surface area contributed by atoms with E-state index in [2.05, 4.69) is 81.2 Å². The highest BCUT2D eigenvalue weighted by Gasteiger charge is 2.22. The fraction of sp³-hybridized carbons (Fsp3) is 0.240. The minimum absolute atomic E-state index is 0.786. The maximum Gasteiger partial charge on any atom is 0.0914 e. The lowest BCUT2D eigenvalue weighted by Crippen LogP contribution is -2.38. The van der Waals surface area contributed by atoms with Crippen LogP contribution >= 0.6 is 0 Å². The third-order valence-corrected chi connectivity index (χ3v) is 5.54. The van der Waals surface area contributed by atoms with Crippen molar-refractivity contribution in [3.05, 3.63) is 83.2 Å². The summed E-state index contributed by atoms with van der Waals surface area (Å²) in [5.41, 5.74) is 6.15. The smallest absolute Gasteiger partial charge is 0.0914 e. The van der Waals surface area contributed by atoms with Gasteiger partial charge in [-0.3, -0.25) is 4.90 Å². The summed E-state index contributed by atoms with van der Waals surface area (Å²) in [6.07, 6.45) is 3.02. The number of rotatable bonds is 3. The first-order chi connectivity index (χ1) is 14.3. The minimum Gasteiger partial charge on any atom is -0.354 e. The number of hydrogen-bond acceptors (Lipinski definition) is 3. The van der Waals surface area contributed by atoms with E-state index < -0.39 is 0 Å². The highest BCUT2D eigenvalue weighted by Crippen LogP contribution is 2.23. The number of hydrogen-bond donors (Lipinski definition) is 1. The van der Waals surface area contributed by atoms with E-state index in [1.165, 1.54) is 22.2 Å². The number of H-pyrrole nitrogens is 1. The van der Waals surface area contributed by atoms with Gasteiger partial charge in [-0.2, -0.15) is 0 Å². The predicted molar refractivity (Wildman–Crippen MR) is 119 cm³/mol. The Morgan fingerprint density at radius 3 is 2.76 bits per heavy atom. The standard InChI is InChI=1S/C25H24N4/c1-2-7-20(8-3-1)16-29-18-22-17-28(14-12-24(22)26-19-29)13-6-10-23-15-21-9-4-5-11-25(21)27-23/h1-5,7-9,11,15,19,27H,12-14,16-18H2. The Hall–Kier alpha value is -3.29. The molecule has 4 nitrogen and oxygen atoms in total. The second-order valence-corrected chi connectivity index (χ2v) is 7.72. The van der Waals surface area contributed by atoms with Gasteiger partial charge in [-0.15, -0.1) is 0 Å². The van der Waals surface area contributed by atoms with Gasteiger partial charge in [-0.25, -0.2) is 4.99 Å². The van der Waals surface area contributed by atoms with Gasteiger partial charge in [0.25, 0.3) is 0 Å². The minimum atomic E-state index is 0.786. The predicted octanol–water partition coefficient (Wildman–Crippen LogP) is 4.02. The molecule has 2 aliphatic rings. The third kappa shape index (κ3) is 4.11. The van der Waals surface area contributed by atoms with E-state index in [1.54, 1.807) is 0 Å². The molecule has 0 fully saturated rings. The van der Waals surface area contributed by atoms with Crippen LogP contribution in [0.5, 0.6) is 0 Å². The van der Waals surface area contributed by atoms with Crippen LogP contribution < -0.4 is 0 Å². The summed E-state index contributed by atoms with van der Waals surface area (Å²) in [4.78, 5) is 12.8. The first-order valence-electron chi connectivity index (χ1n) is 10.2. The molecule has 4 heteroatoms. The summed E-state index contributed by atoms with van der Waals surface area (Å²) in [5.74, 6) is 6.64. The van der Waals surface area contributed by atoms with Gasteiger partial charge in [0.05, 0.1) is 18.6 Å². The number of benzene rings is 2. The molecule has 2 aliphatic heterocycles. The molecule has 5 rings (SSSR count). The zero-order chi connectivity index (χ0) is 19.5. The summed E-state index contributed by atoms with van der Waals surface area (Å²) in [7, 11) is 0. The van der Waals surface area contributed by atoms with E-state index in [0.29, 0.717) is 0 Å². The van der Waals surface area contributed by atoms with Gasteiger partial charge in [0.1, 0.15) is 0 Å². The topological polar surface area (TPSA) is 34.6 Å². The zero-order valence-electron chi connectivity index (χ0n) is 16.4. The SMILES string of the molecule is C(#Cc1cc2ccccc2[nH]1)CN1CCC2=C(CN(Cc3ccccc3)C=N2)C1. The van der Waals surface area contributed by atoms with Crippen molar-refractivity contribution in [1.29, 1.82) is 0 Å². The molecule has 2 aromatic carbocycles. The van der Waals surface area contributed by atoms with Crippen LogP contribution in [0.15, 0.2) is 76.9 Å². The van der Waals surface area contributed by atoms with Gasteiger partial charge >= 0.3 is 0 Å². The molecular formula is C25H24N4. The van der Waals surface area contributed by atoms with Crippen LogP contribution in [0, 0.1) is 11.8 Å². The molecule has 144 valence electrons. The number of nitrogens with zero attached hydrogens (tertiary/aromatic N) is 3. The van der Waals surface area contributed by atoms with Gasteiger partial charge in [-0.1, -0.05) is 54.5 Å². The van der Waals surface area contributed by atoms with Gasteiger partial charge in [0.2, 0.25) is 0 Å². The molecule has 0 saturated carbocycles. The van der Waals surface area contributed by atoms with Crippen molar-refractivity contribution in [3.63, 3.8) is 0 Å². The molecule has 29 heavy (non-hydrogen) atoms. The van der Waals surface area contributed by atoms with Crippen molar-refractivity contribution in [2.75, 3.05) is 26.2 Å². The first kappa shape index (κ1) is 17.8. The average Bonchev–Trinajstić information content (AvgIpc) is 3.17. The summed E-state index contributed by atoms with van der Waals surface area (Å²) in [5, 5.41) is 1.21. The maximum absolute atomic E-state index is 4.73. The number of aromatic nitrogens is 1. The lowest BCUT2D eigenvalue weighted by Gasteiger charge is -2.33. The van der Waals surface area contributed by atoms with Gasteiger partial charge in [-0.05, 0) is 29.2 Å². The number of para-hydroxylation sites is 1. The fourth-order valence-corrected chi connectivity index (χ4v) is 4.05. The molecule has 0 aliphatic carbocycles. The van der Waals surface area contributed by atoms with Crippen LogP contribution in [-0.2, 0) is 6.54 Å². The second kappa shape index (κ2) is 7.98. The molecule has 3 heterocycles. The molecule has 0 amide bonds. The Morgan fingerprint density at radius 1 is 1.00 bits per heavy atom. The molecule has 0 spiro atoms. The van der Waals surface area contributed by atoms with Gasteiger partial charge < -0.3 is 9.88 Å². The normalized spacial score (nSPS) is 16.6. The Kier molecular flexibility index (Phi) is 4.90. The maximum atomic E-state index is 4.73. The van der Waals surface area contributed by atoms with E-state index in [9.17, 15) is 0 Å². The summed E-state index contributed by atoms with van der Waals surface area (Å²) in [6.45, 7) is 4.63. The number of fused-ring (bicyclic) bond motifs is 1. The van der Waals surface area contributed by atoms with Crippen molar-refractivity contribution in [2.45, 2.75) is 13.0 Å². The van der Waals surface area contributed by atoms with Gasteiger partial charge in [0.15, 0.2) is 0 Å². The Morgan fingerprint density at radius 2 is 1.86 bits per heavy atom. The van der Waals surface area contributed by atoms with E-state index >= 15 is 0 Å². The van der Waals surface area contributed by atoms with E-state index in [-0.39, 0.29) is 0 Å². The van der Waals surface area contributed by atoms with Gasteiger partial charge in [0, 0.05) is 49.2 Å². The van der Waals surface area contributed by atoms with Crippen LogP contribution in [-0.4, -0.2) is 47.3 Å². The largest absolute Gasteiger partial charge is 0.354 e. The highest BCUT2D eigenvalue weighted by atomic mass is 15.2. The van der Waals surface area contributed by atoms with Crippen molar-refractivity contribution >= 4 is 17.2 Å². The van der Waals surface area contributed by atoms with Crippen LogP contribution in [0.1, 0.15) is 17.7 Å². The third-order valence-electron chi connectivity index (χ3n) is 5.54. The number of nitrogens with one attached hydrogen (secondary N) is 1. The molecule has 0 saturated heterocycles. The Bertz CT molecular complexity index is 1090. The van der Waals surface area contributed by atoms with Crippen molar-refractivity contribution in [3.8, 4) is 11.8 Å². The monoisotopic (exact) mass is 380 g/mol. The Labute approximate surface area is 171 Å². The lowest BCUT2D eigenvalue weighted by atomic mass is 10.0. The quantitative estimate of drug-likeness (QED) is 0.697. The molecular weight excluding hydrogens is 356 g/mol. The molecule has 1 N–H and O–H groups in total. The van der Waals surface area contributed by atoms with Crippen molar-refractivity contribution in [1.82, 2.24) is 14.8 Å². The number of aliphatic imine (C=N–C) groups is 1. The van der Waals surface area contributed by atoms with Crippen LogP contribution in [0.25, 0.3) is 10.9 Å². The second-order valence-electron chi connectivity index (χ2n) is 7.72. The Balaban J connectivity index is 1.20.